The Balaban J connectivity index is 1.77. The van der Waals surface area contributed by atoms with Gasteiger partial charge in [-0.1, -0.05) is 54.6 Å². The first-order valence-corrected chi connectivity index (χ1v) is 9.50. The number of rotatable bonds is 4. The van der Waals surface area contributed by atoms with Crippen LogP contribution in [0.5, 0.6) is 0 Å². The van der Waals surface area contributed by atoms with E-state index in [4.69, 9.17) is 0 Å². The van der Waals surface area contributed by atoms with Gasteiger partial charge in [-0.05, 0) is 64.3 Å². The molecular weight excluding hydrogens is 290 g/mol. The zero-order chi connectivity index (χ0) is 14.4. The summed E-state index contributed by atoms with van der Waals surface area (Å²) in [4.78, 5) is 0. The molecule has 0 aromatic rings. The maximum atomic E-state index is 2.31. The highest BCUT2D eigenvalue weighted by Gasteiger charge is 2.27. The van der Waals surface area contributed by atoms with Gasteiger partial charge in [-0.25, -0.2) is 0 Å². The molecule has 0 N–H and O–H groups in total. The van der Waals surface area contributed by atoms with E-state index in [2.05, 4.69) is 50.3 Å². The minimum atomic E-state index is 1.13. The molecule has 0 amide bonds. The summed E-state index contributed by atoms with van der Waals surface area (Å²) in [6.45, 7) is 4.59. The standard InChI is InChI=1S/C19H18P2/c1-3-16-14(12-7-5-9-18(12)20-16)11-15-13-8-6-10-19(13)21-17(15)4-2/h5-10H,3-4,11H2,1-2H3. The van der Waals surface area contributed by atoms with Crippen molar-refractivity contribution in [1.82, 2.24) is 0 Å². The van der Waals surface area contributed by atoms with E-state index < -0.39 is 0 Å². The molecule has 0 radical (unpaired) electrons. The third-order valence-electron chi connectivity index (χ3n) is 4.47. The molecule has 2 heterocycles. The molecule has 0 spiro atoms. The molecule has 0 nitrogen and oxygen atoms in total. The smallest absolute Gasteiger partial charge is 0.00960 e. The van der Waals surface area contributed by atoms with Gasteiger partial charge in [-0.15, -0.1) is 0 Å². The van der Waals surface area contributed by atoms with Crippen molar-refractivity contribution in [2.24, 2.45) is 0 Å². The molecule has 4 aliphatic rings. The van der Waals surface area contributed by atoms with Crippen molar-refractivity contribution in [3.63, 3.8) is 0 Å². The second-order valence-corrected chi connectivity index (χ2v) is 8.10. The van der Waals surface area contributed by atoms with E-state index in [9.17, 15) is 0 Å². The lowest BCUT2D eigenvalue weighted by Gasteiger charge is -2.12. The Kier molecular flexibility index (Phi) is 3.33. The number of fused-ring (bicyclic) bond motifs is 2. The van der Waals surface area contributed by atoms with Crippen LogP contribution in [-0.4, -0.2) is 10.6 Å². The van der Waals surface area contributed by atoms with Crippen LogP contribution < -0.4 is 0 Å². The van der Waals surface area contributed by atoms with Crippen LogP contribution in [0.3, 0.4) is 0 Å². The van der Waals surface area contributed by atoms with Crippen LogP contribution in [-0.2, 0) is 0 Å². The van der Waals surface area contributed by atoms with Crippen molar-refractivity contribution in [1.29, 1.82) is 0 Å². The average molecular weight is 308 g/mol. The molecule has 0 bridgehead atoms. The van der Waals surface area contributed by atoms with Crippen LogP contribution in [0.2, 0.25) is 0 Å². The monoisotopic (exact) mass is 308 g/mol. The lowest BCUT2D eigenvalue weighted by molar-refractivity contribution is 1.18. The van der Waals surface area contributed by atoms with Crippen molar-refractivity contribution in [3.05, 3.63) is 69.4 Å². The van der Waals surface area contributed by atoms with Crippen LogP contribution in [0.15, 0.2) is 69.4 Å². The summed E-state index contributed by atoms with van der Waals surface area (Å²) in [6.07, 6.45) is 17.1. The van der Waals surface area contributed by atoms with Gasteiger partial charge in [0.2, 0.25) is 0 Å². The Morgan fingerprint density at radius 2 is 1.24 bits per heavy atom. The fourth-order valence-corrected chi connectivity index (χ4v) is 5.97. The van der Waals surface area contributed by atoms with Crippen LogP contribution in [0.4, 0.5) is 0 Å². The third kappa shape index (κ3) is 2.05. The summed E-state index contributed by atoms with van der Waals surface area (Å²) in [5.41, 5.74) is 6.22. The minimum Gasteiger partial charge on any atom is -0.0640 e. The SMILES string of the molecule is CCC1=PC2=CC=CC2=C1CC1=C2C=CC=C2P=C1CC. The molecule has 0 saturated heterocycles. The first kappa shape index (κ1) is 13.4. The average Bonchev–Trinajstić information content (AvgIpc) is 3.21. The van der Waals surface area contributed by atoms with Crippen molar-refractivity contribution in [2.45, 2.75) is 33.1 Å². The van der Waals surface area contributed by atoms with Gasteiger partial charge < -0.3 is 0 Å². The summed E-state index contributed by atoms with van der Waals surface area (Å²) in [5.74, 6) is 0. The van der Waals surface area contributed by atoms with E-state index in [0.717, 1.165) is 6.42 Å². The molecule has 0 saturated carbocycles. The largest absolute Gasteiger partial charge is 0.0640 e. The Morgan fingerprint density at radius 3 is 1.67 bits per heavy atom. The lowest BCUT2D eigenvalue weighted by Crippen LogP contribution is -2.05. The molecular formula is C19H18P2. The highest BCUT2D eigenvalue weighted by atomic mass is 31.1. The van der Waals surface area contributed by atoms with E-state index in [1.165, 1.54) is 51.0 Å². The van der Waals surface area contributed by atoms with E-state index in [0.29, 0.717) is 0 Å². The molecule has 2 heteroatoms. The topological polar surface area (TPSA) is 0 Å². The second kappa shape index (κ2) is 5.20. The Labute approximate surface area is 129 Å². The lowest BCUT2D eigenvalue weighted by atomic mass is 9.91. The summed E-state index contributed by atoms with van der Waals surface area (Å²) < 4.78 is 0. The molecule has 0 aromatic carbocycles. The maximum Gasteiger partial charge on any atom is 0.00960 e. The predicted octanol–water partition coefficient (Wildman–Crippen LogP) is 5.96. The molecule has 104 valence electrons. The maximum absolute atomic E-state index is 2.31. The van der Waals surface area contributed by atoms with Gasteiger partial charge >= 0.3 is 0 Å². The van der Waals surface area contributed by atoms with Gasteiger partial charge in [0.15, 0.2) is 0 Å². The summed E-state index contributed by atoms with van der Waals surface area (Å²) >= 11 is 0. The number of hydrogen-bond donors (Lipinski definition) is 0. The first-order valence-electron chi connectivity index (χ1n) is 7.71. The van der Waals surface area contributed by atoms with Gasteiger partial charge in [0.05, 0.1) is 0 Å². The first-order chi connectivity index (χ1) is 10.3. The molecule has 21 heavy (non-hydrogen) atoms. The number of allylic oxidation sites excluding steroid dienone is 12. The van der Waals surface area contributed by atoms with E-state index in [1.807, 2.05) is 0 Å². The third-order valence-corrected chi connectivity index (χ3v) is 7.44. The zero-order valence-electron chi connectivity index (χ0n) is 12.5. The fourth-order valence-electron chi connectivity index (χ4n) is 3.42. The molecule has 0 unspecified atom stereocenters. The molecule has 0 atom stereocenters. The summed E-state index contributed by atoms with van der Waals surface area (Å²) in [6, 6.07) is 0. The quantitative estimate of drug-likeness (QED) is 0.562. The van der Waals surface area contributed by atoms with E-state index in [1.54, 1.807) is 21.7 Å². The van der Waals surface area contributed by atoms with Crippen molar-refractivity contribution in [2.75, 3.05) is 0 Å². The van der Waals surface area contributed by atoms with Crippen molar-refractivity contribution < 1.29 is 0 Å². The highest BCUT2D eigenvalue weighted by molar-refractivity contribution is 7.47. The van der Waals surface area contributed by atoms with E-state index >= 15 is 0 Å². The summed E-state index contributed by atoms with van der Waals surface area (Å²) in [5, 5.41) is 6.28. The minimum absolute atomic E-state index is 1.13. The number of hydrogen-bond acceptors (Lipinski definition) is 0. The van der Waals surface area contributed by atoms with E-state index in [-0.39, 0.29) is 0 Å². The van der Waals surface area contributed by atoms with Crippen molar-refractivity contribution >= 4 is 27.0 Å². The van der Waals surface area contributed by atoms with Crippen molar-refractivity contribution in [3.8, 4) is 0 Å². The Hall–Kier alpha value is -1.22. The molecule has 0 aromatic heterocycles. The Bertz CT molecular complexity index is 708. The molecule has 2 aliphatic carbocycles. The summed E-state index contributed by atoms with van der Waals surface area (Å²) in [7, 11) is 2.89. The van der Waals surface area contributed by atoms with Gasteiger partial charge in [-0.2, -0.15) is 0 Å². The van der Waals surface area contributed by atoms with Gasteiger partial charge in [0.1, 0.15) is 0 Å². The van der Waals surface area contributed by atoms with Crippen LogP contribution in [0, 0.1) is 0 Å². The Morgan fingerprint density at radius 1 is 0.762 bits per heavy atom. The highest BCUT2D eigenvalue weighted by Crippen LogP contribution is 2.47. The van der Waals surface area contributed by atoms with Gasteiger partial charge in [-0.3, -0.25) is 0 Å². The second-order valence-electron chi connectivity index (χ2n) is 5.61. The van der Waals surface area contributed by atoms with Gasteiger partial charge in [0.25, 0.3) is 0 Å². The van der Waals surface area contributed by atoms with Gasteiger partial charge in [0, 0.05) is 10.6 Å². The van der Waals surface area contributed by atoms with Crippen LogP contribution in [0.25, 0.3) is 0 Å². The van der Waals surface area contributed by atoms with Crippen LogP contribution >= 0.6 is 16.4 Å². The zero-order valence-corrected chi connectivity index (χ0v) is 14.3. The molecule has 4 rings (SSSR count). The fraction of sp³-hybridized carbons (Fsp3) is 0.263. The van der Waals surface area contributed by atoms with Crippen LogP contribution in [0.1, 0.15) is 33.1 Å². The normalized spacial score (nSPS) is 23.3. The molecule has 0 fully saturated rings. The predicted molar refractivity (Wildman–Crippen MR) is 97.6 cm³/mol. The molecule has 2 aliphatic heterocycles.